The molecule has 7 nitrogen and oxygen atoms in total. The molecule has 0 aliphatic heterocycles. The van der Waals surface area contributed by atoms with Crippen LogP contribution in [0.3, 0.4) is 0 Å². The van der Waals surface area contributed by atoms with E-state index in [-0.39, 0.29) is 34.5 Å². The van der Waals surface area contributed by atoms with E-state index in [1.165, 1.54) is 29.2 Å². The van der Waals surface area contributed by atoms with Gasteiger partial charge in [-0.05, 0) is 88.2 Å². The van der Waals surface area contributed by atoms with Crippen LogP contribution < -0.4 is 9.62 Å². The molecule has 0 spiro atoms. The number of carbonyl (C=O) groups is 2. The van der Waals surface area contributed by atoms with Gasteiger partial charge in [-0.3, -0.25) is 13.9 Å². The van der Waals surface area contributed by atoms with E-state index in [2.05, 4.69) is 5.32 Å². The summed E-state index contributed by atoms with van der Waals surface area (Å²) in [5.41, 5.74) is 0.987. The molecular weight excluding hydrogens is 588 g/mol. The van der Waals surface area contributed by atoms with Crippen LogP contribution >= 0.6 is 23.2 Å². The molecule has 0 saturated heterocycles. The monoisotopic (exact) mass is 621 g/mol. The molecule has 2 amide bonds. The lowest BCUT2D eigenvalue weighted by Crippen LogP contribution is -2.55. The van der Waals surface area contributed by atoms with Crippen LogP contribution in [0.2, 0.25) is 10.0 Å². The van der Waals surface area contributed by atoms with Crippen LogP contribution in [0.5, 0.6) is 0 Å². The van der Waals surface area contributed by atoms with E-state index in [0.29, 0.717) is 10.6 Å². The summed E-state index contributed by atoms with van der Waals surface area (Å²) < 4.78 is 42.4. The van der Waals surface area contributed by atoms with Crippen LogP contribution in [0.4, 0.5) is 10.1 Å². The maximum Gasteiger partial charge on any atom is 0.264 e. The smallest absolute Gasteiger partial charge is 0.264 e. The topological polar surface area (TPSA) is 86.8 Å². The molecule has 1 N–H and O–H groups in total. The summed E-state index contributed by atoms with van der Waals surface area (Å²) in [6.07, 6.45) is 0.260. The number of anilines is 1. The minimum absolute atomic E-state index is 0.0335. The Balaban J connectivity index is 2.08. The Kier molecular flexibility index (Phi) is 10.4. The molecule has 0 aliphatic carbocycles. The van der Waals surface area contributed by atoms with Crippen molar-refractivity contribution in [2.45, 2.75) is 64.1 Å². The van der Waals surface area contributed by atoms with Crippen molar-refractivity contribution in [3.8, 4) is 0 Å². The molecule has 0 fully saturated rings. The number of hydrogen-bond donors (Lipinski definition) is 1. The molecule has 0 radical (unpaired) electrons. The molecule has 0 bridgehead atoms. The van der Waals surface area contributed by atoms with E-state index in [9.17, 15) is 22.4 Å². The van der Waals surface area contributed by atoms with Crippen molar-refractivity contribution in [2.75, 3.05) is 10.8 Å². The largest absolute Gasteiger partial charge is 0.350 e. The molecule has 3 aromatic rings. The molecule has 0 aliphatic rings. The number of sulfonamides is 1. The predicted octanol–water partition coefficient (Wildman–Crippen LogP) is 6.36. The number of nitrogens with zero attached hydrogens (tertiary/aromatic N) is 2. The highest BCUT2D eigenvalue weighted by atomic mass is 35.5. The highest BCUT2D eigenvalue weighted by molar-refractivity contribution is 7.92. The standard InChI is InChI=1S/C30H34Cl2FN3O4S/c1-6-27(29(38)34-30(3,4)5)35(18-21-9-16-25(31)26(32)17-21)28(37)19-36(23-12-10-22(33)11-13-23)41(39,40)24-14-7-20(2)8-15-24/h7-17,27H,6,18-19H2,1-5H3,(H,34,38)/t27-/m1/s1. The predicted molar refractivity (Wildman–Crippen MR) is 161 cm³/mol. The number of amides is 2. The second-order valence-electron chi connectivity index (χ2n) is 10.7. The minimum Gasteiger partial charge on any atom is -0.350 e. The van der Waals surface area contributed by atoms with Crippen molar-refractivity contribution < 1.29 is 22.4 Å². The fourth-order valence-corrected chi connectivity index (χ4v) is 5.92. The highest BCUT2D eigenvalue weighted by Crippen LogP contribution is 2.27. The summed E-state index contributed by atoms with van der Waals surface area (Å²) >= 11 is 12.3. The Morgan fingerprint density at radius 1 is 0.951 bits per heavy atom. The van der Waals surface area contributed by atoms with Crippen LogP contribution in [0.1, 0.15) is 45.2 Å². The summed E-state index contributed by atoms with van der Waals surface area (Å²) in [6.45, 7) is 8.40. The van der Waals surface area contributed by atoms with Crippen molar-refractivity contribution in [1.29, 1.82) is 0 Å². The number of aryl methyl sites for hydroxylation is 1. The second kappa shape index (κ2) is 13.2. The first-order valence-corrected chi connectivity index (χ1v) is 15.2. The SMILES string of the molecule is CC[C@H](C(=O)NC(C)(C)C)N(Cc1ccc(Cl)c(Cl)c1)C(=O)CN(c1ccc(F)cc1)S(=O)(=O)c1ccc(C)cc1. The van der Waals surface area contributed by atoms with Gasteiger partial charge in [-0.1, -0.05) is 53.9 Å². The van der Waals surface area contributed by atoms with E-state index >= 15 is 0 Å². The van der Waals surface area contributed by atoms with Gasteiger partial charge in [-0.25, -0.2) is 12.8 Å². The van der Waals surface area contributed by atoms with Gasteiger partial charge in [0.2, 0.25) is 11.8 Å². The van der Waals surface area contributed by atoms with E-state index in [1.54, 1.807) is 37.3 Å². The van der Waals surface area contributed by atoms with Crippen molar-refractivity contribution >= 4 is 50.7 Å². The Bertz CT molecular complexity index is 1490. The molecule has 41 heavy (non-hydrogen) atoms. The van der Waals surface area contributed by atoms with Crippen molar-refractivity contribution in [1.82, 2.24) is 10.2 Å². The quantitative estimate of drug-likeness (QED) is 0.285. The fourth-order valence-electron chi connectivity index (χ4n) is 4.18. The Morgan fingerprint density at radius 2 is 1.56 bits per heavy atom. The lowest BCUT2D eigenvalue weighted by molar-refractivity contribution is -0.141. The summed E-state index contributed by atoms with van der Waals surface area (Å²) in [4.78, 5) is 28.7. The van der Waals surface area contributed by atoms with Crippen LogP contribution in [0.25, 0.3) is 0 Å². The van der Waals surface area contributed by atoms with Crippen molar-refractivity contribution in [3.05, 3.63) is 93.7 Å². The molecule has 3 aromatic carbocycles. The van der Waals surface area contributed by atoms with Crippen molar-refractivity contribution in [3.63, 3.8) is 0 Å². The van der Waals surface area contributed by atoms with Gasteiger partial charge in [0.1, 0.15) is 18.4 Å². The first-order valence-electron chi connectivity index (χ1n) is 13.0. The maximum atomic E-state index is 14.1. The molecule has 0 unspecified atom stereocenters. The zero-order chi connectivity index (χ0) is 30.5. The second-order valence-corrected chi connectivity index (χ2v) is 13.4. The van der Waals surface area contributed by atoms with Gasteiger partial charge >= 0.3 is 0 Å². The lowest BCUT2D eigenvalue weighted by atomic mass is 10.1. The van der Waals surface area contributed by atoms with Gasteiger partial charge in [0.25, 0.3) is 10.0 Å². The number of rotatable bonds is 10. The van der Waals surface area contributed by atoms with Crippen LogP contribution in [0.15, 0.2) is 71.6 Å². The zero-order valence-corrected chi connectivity index (χ0v) is 25.9. The van der Waals surface area contributed by atoms with Gasteiger partial charge in [0, 0.05) is 12.1 Å². The third-order valence-electron chi connectivity index (χ3n) is 6.22. The Morgan fingerprint density at radius 3 is 2.10 bits per heavy atom. The van der Waals surface area contributed by atoms with Crippen LogP contribution in [0, 0.1) is 12.7 Å². The normalized spacial score (nSPS) is 12.5. The molecule has 11 heteroatoms. The molecule has 3 rings (SSSR count). The number of benzene rings is 3. The molecular formula is C30H34Cl2FN3O4S. The van der Waals surface area contributed by atoms with Gasteiger partial charge in [0.15, 0.2) is 0 Å². The third kappa shape index (κ3) is 8.44. The summed E-state index contributed by atoms with van der Waals surface area (Å²) in [5, 5.41) is 3.52. The van der Waals surface area contributed by atoms with Crippen LogP contribution in [-0.2, 0) is 26.2 Å². The van der Waals surface area contributed by atoms with Crippen LogP contribution in [-0.4, -0.2) is 43.3 Å². The third-order valence-corrected chi connectivity index (χ3v) is 8.75. The van der Waals surface area contributed by atoms with E-state index in [0.717, 1.165) is 22.0 Å². The average Bonchev–Trinajstić information content (AvgIpc) is 2.89. The van der Waals surface area contributed by atoms with E-state index in [4.69, 9.17) is 23.2 Å². The number of carbonyl (C=O) groups excluding carboxylic acids is 2. The molecule has 0 aromatic heterocycles. The molecule has 1 atom stereocenters. The van der Waals surface area contributed by atoms with Gasteiger partial charge < -0.3 is 10.2 Å². The highest BCUT2D eigenvalue weighted by Gasteiger charge is 2.34. The summed E-state index contributed by atoms with van der Waals surface area (Å²) in [6, 6.07) is 15.0. The summed E-state index contributed by atoms with van der Waals surface area (Å²) in [7, 11) is -4.25. The van der Waals surface area contributed by atoms with E-state index < -0.39 is 39.9 Å². The minimum atomic E-state index is -4.25. The van der Waals surface area contributed by atoms with Gasteiger partial charge in [-0.2, -0.15) is 0 Å². The first-order chi connectivity index (χ1) is 19.1. The first kappa shape index (κ1) is 32.4. The summed E-state index contributed by atoms with van der Waals surface area (Å²) in [5.74, 6) is -1.57. The Labute approximate surface area is 251 Å². The average molecular weight is 623 g/mol. The van der Waals surface area contributed by atoms with Gasteiger partial charge in [-0.15, -0.1) is 0 Å². The van der Waals surface area contributed by atoms with Gasteiger partial charge in [0.05, 0.1) is 20.6 Å². The Hall–Kier alpha value is -3.14. The lowest BCUT2D eigenvalue weighted by Gasteiger charge is -2.34. The molecule has 0 saturated carbocycles. The number of nitrogens with one attached hydrogen (secondary N) is 1. The van der Waals surface area contributed by atoms with Crippen molar-refractivity contribution in [2.24, 2.45) is 0 Å². The zero-order valence-electron chi connectivity index (χ0n) is 23.6. The number of hydrogen-bond acceptors (Lipinski definition) is 4. The van der Waals surface area contributed by atoms with E-state index in [1.807, 2.05) is 27.7 Å². The molecule has 220 valence electrons. The maximum absolute atomic E-state index is 14.1. The fraction of sp³-hybridized carbons (Fsp3) is 0.333. The molecule has 0 heterocycles. The number of halogens is 3.